The number of piperazine rings is 1. The Labute approximate surface area is 152 Å². The summed E-state index contributed by atoms with van der Waals surface area (Å²) in [4.78, 5) is 27.4. The number of aromatic nitrogens is 2. The molecule has 1 aliphatic rings. The van der Waals surface area contributed by atoms with Gasteiger partial charge in [-0.2, -0.15) is 0 Å². The third kappa shape index (κ3) is 5.37. The fourth-order valence-electron chi connectivity index (χ4n) is 2.72. The maximum Gasteiger partial charge on any atom is 0.244 e. The van der Waals surface area contributed by atoms with Crippen molar-refractivity contribution in [1.82, 2.24) is 20.2 Å². The molecule has 3 heterocycles. The van der Waals surface area contributed by atoms with Crippen LogP contribution in [0.2, 0.25) is 0 Å². The lowest BCUT2D eigenvalue weighted by Crippen LogP contribution is -2.48. The molecule has 0 saturated carbocycles. The molecule has 3 rings (SSSR count). The van der Waals surface area contributed by atoms with Crippen LogP contribution in [0.5, 0.6) is 0 Å². The monoisotopic (exact) mass is 357 g/mol. The van der Waals surface area contributed by atoms with Crippen LogP contribution in [0.1, 0.15) is 9.75 Å². The second-order valence-corrected chi connectivity index (χ2v) is 7.27. The van der Waals surface area contributed by atoms with Crippen molar-refractivity contribution in [3.63, 3.8) is 0 Å². The van der Waals surface area contributed by atoms with Crippen molar-refractivity contribution in [2.24, 2.45) is 0 Å². The van der Waals surface area contributed by atoms with Gasteiger partial charge in [-0.1, -0.05) is 0 Å². The van der Waals surface area contributed by atoms with Gasteiger partial charge in [0.15, 0.2) is 0 Å². The molecule has 1 amide bonds. The van der Waals surface area contributed by atoms with Crippen molar-refractivity contribution >= 4 is 29.3 Å². The Morgan fingerprint density at radius 3 is 2.68 bits per heavy atom. The Morgan fingerprint density at radius 1 is 1.24 bits per heavy atom. The van der Waals surface area contributed by atoms with Crippen LogP contribution in [0, 0.1) is 6.92 Å². The Hall–Kier alpha value is -2.25. The molecule has 0 atom stereocenters. The number of carbonyl (C=O) groups excluding carboxylic acids is 1. The molecule has 0 spiro atoms. The summed E-state index contributed by atoms with van der Waals surface area (Å²) in [5.41, 5.74) is 0. The van der Waals surface area contributed by atoms with Crippen LogP contribution in [-0.4, -0.2) is 60.0 Å². The van der Waals surface area contributed by atoms with Crippen LogP contribution < -0.4 is 10.2 Å². The molecular formula is C18H23N5OS. The van der Waals surface area contributed by atoms with E-state index in [9.17, 15) is 4.79 Å². The maximum atomic E-state index is 11.9. The van der Waals surface area contributed by atoms with Crippen molar-refractivity contribution < 1.29 is 4.79 Å². The zero-order valence-corrected chi connectivity index (χ0v) is 15.2. The largest absolute Gasteiger partial charge is 0.351 e. The lowest BCUT2D eigenvalue weighted by molar-refractivity contribution is -0.116. The average Bonchev–Trinajstić information content (AvgIpc) is 3.07. The first-order chi connectivity index (χ1) is 12.2. The van der Waals surface area contributed by atoms with E-state index in [1.54, 1.807) is 29.8 Å². The average molecular weight is 357 g/mol. The first kappa shape index (κ1) is 17.6. The van der Waals surface area contributed by atoms with Gasteiger partial charge in [0, 0.05) is 67.5 Å². The van der Waals surface area contributed by atoms with Crippen molar-refractivity contribution in [2.75, 3.05) is 44.2 Å². The van der Waals surface area contributed by atoms with Crippen LogP contribution in [0.4, 0.5) is 5.95 Å². The quantitative estimate of drug-likeness (QED) is 0.799. The first-order valence-electron chi connectivity index (χ1n) is 8.47. The Morgan fingerprint density at radius 2 is 2.00 bits per heavy atom. The second kappa shape index (κ2) is 8.73. The van der Waals surface area contributed by atoms with Crippen molar-refractivity contribution in [2.45, 2.75) is 6.92 Å². The van der Waals surface area contributed by atoms with E-state index in [-0.39, 0.29) is 5.91 Å². The summed E-state index contributed by atoms with van der Waals surface area (Å²) in [5.74, 6) is 0.756. The lowest BCUT2D eigenvalue weighted by atomic mass is 10.3. The number of carbonyl (C=O) groups is 1. The molecule has 2 aromatic rings. The maximum absolute atomic E-state index is 11.9. The molecule has 132 valence electrons. The first-order valence-corrected chi connectivity index (χ1v) is 9.29. The van der Waals surface area contributed by atoms with Crippen LogP contribution in [-0.2, 0) is 4.79 Å². The molecule has 6 nitrogen and oxygen atoms in total. The Balaban J connectivity index is 1.34. The van der Waals surface area contributed by atoms with Crippen molar-refractivity contribution in [3.8, 4) is 0 Å². The van der Waals surface area contributed by atoms with Gasteiger partial charge in [0.25, 0.3) is 0 Å². The molecule has 1 N–H and O–H groups in total. The number of aryl methyl sites for hydroxylation is 1. The number of amides is 1. The number of nitrogens with zero attached hydrogens (tertiary/aromatic N) is 4. The number of nitrogens with one attached hydrogen (secondary N) is 1. The molecule has 1 saturated heterocycles. The van der Waals surface area contributed by atoms with Gasteiger partial charge in [-0.05, 0) is 31.2 Å². The van der Waals surface area contributed by atoms with E-state index < -0.39 is 0 Å². The minimum atomic E-state index is -0.0395. The van der Waals surface area contributed by atoms with E-state index in [1.807, 2.05) is 18.2 Å². The molecule has 1 aliphatic heterocycles. The summed E-state index contributed by atoms with van der Waals surface area (Å²) >= 11 is 1.68. The van der Waals surface area contributed by atoms with Gasteiger partial charge >= 0.3 is 0 Å². The number of hydrogen-bond donors (Lipinski definition) is 1. The highest BCUT2D eigenvalue weighted by Gasteiger charge is 2.18. The summed E-state index contributed by atoms with van der Waals surface area (Å²) < 4.78 is 0. The van der Waals surface area contributed by atoms with Crippen molar-refractivity contribution in [1.29, 1.82) is 0 Å². The highest BCUT2D eigenvalue weighted by Crippen LogP contribution is 2.16. The molecule has 2 aromatic heterocycles. The molecule has 25 heavy (non-hydrogen) atoms. The Bertz CT molecular complexity index is 707. The number of thiophene rings is 1. The molecule has 0 unspecified atom stereocenters. The predicted octanol–water partition coefficient (Wildman–Crippen LogP) is 1.80. The molecule has 0 radical (unpaired) electrons. The van der Waals surface area contributed by atoms with Gasteiger partial charge < -0.3 is 10.2 Å². The highest BCUT2D eigenvalue weighted by atomic mass is 32.1. The third-order valence-electron chi connectivity index (χ3n) is 4.09. The molecule has 0 aromatic carbocycles. The van der Waals surface area contributed by atoms with E-state index in [4.69, 9.17) is 0 Å². The summed E-state index contributed by atoms with van der Waals surface area (Å²) in [6.45, 7) is 7.32. The second-order valence-electron chi connectivity index (χ2n) is 5.95. The van der Waals surface area contributed by atoms with Gasteiger partial charge in [-0.3, -0.25) is 9.69 Å². The molecule has 7 heteroatoms. The molecule has 0 bridgehead atoms. The summed E-state index contributed by atoms with van der Waals surface area (Å²) in [6.07, 6.45) is 7.02. The normalized spacial score (nSPS) is 15.6. The van der Waals surface area contributed by atoms with E-state index in [1.165, 1.54) is 4.88 Å². The topological polar surface area (TPSA) is 61.4 Å². The van der Waals surface area contributed by atoms with Crippen LogP contribution >= 0.6 is 11.3 Å². The standard InChI is InChI=1S/C18H23N5OS/c1-15-3-4-16(25-15)5-6-17(24)19-9-10-22-11-13-23(14-12-22)18-20-7-2-8-21-18/h2-8H,9-14H2,1H3,(H,19,24). The van der Waals surface area contributed by atoms with Gasteiger partial charge in [0.2, 0.25) is 11.9 Å². The van der Waals surface area contributed by atoms with E-state index in [0.29, 0.717) is 6.54 Å². The summed E-state index contributed by atoms with van der Waals surface area (Å²) in [7, 11) is 0. The van der Waals surface area contributed by atoms with Gasteiger partial charge in [0.1, 0.15) is 0 Å². The fourth-order valence-corrected chi connectivity index (χ4v) is 3.50. The third-order valence-corrected chi connectivity index (χ3v) is 5.06. The Kier molecular flexibility index (Phi) is 6.14. The molecular weight excluding hydrogens is 334 g/mol. The minimum absolute atomic E-state index is 0.0395. The van der Waals surface area contributed by atoms with E-state index in [0.717, 1.165) is 43.5 Å². The van der Waals surface area contributed by atoms with Crippen molar-refractivity contribution in [3.05, 3.63) is 46.4 Å². The minimum Gasteiger partial charge on any atom is -0.351 e. The van der Waals surface area contributed by atoms with Crippen LogP contribution in [0.25, 0.3) is 6.08 Å². The number of anilines is 1. The summed E-state index contributed by atoms with van der Waals surface area (Å²) in [5, 5.41) is 2.95. The van der Waals surface area contributed by atoms with E-state index in [2.05, 4.69) is 38.1 Å². The molecule has 0 aliphatic carbocycles. The van der Waals surface area contributed by atoms with Crippen LogP contribution in [0.3, 0.4) is 0 Å². The fraction of sp³-hybridized carbons (Fsp3) is 0.389. The predicted molar refractivity (Wildman–Crippen MR) is 102 cm³/mol. The zero-order valence-electron chi connectivity index (χ0n) is 14.4. The van der Waals surface area contributed by atoms with E-state index >= 15 is 0 Å². The van der Waals surface area contributed by atoms with Gasteiger partial charge in [0.05, 0.1) is 0 Å². The SMILES string of the molecule is Cc1ccc(C=CC(=O)NCCN2CCN(c3ncccn3)CC2)s1. The van der Waals surface area contributed by atoms with Gasteiger partial charge in [-0.15, -0.1) is 11.3 Å². The number of rotatable bonds is 6. The van der Waals surface area contributed by atoms with Gasteiger partial charge in [-0.25, -0.2) is 9.97 Å². The number of hydrogen-bond acceptors (Lipinski definition) is 6. The highest BCUT2D eigenvalue weighted by molar-refractivity contribution is 7.12. The summed E-state index contributed by atoms with van der Waals surface area (Å²) in [6, 6.07) is 5.92. The zero-order chi connectivity index (χ0) is 17.5. The lowest BCUT2D eigenvalue weighted by Gasteiger charge is -2.34. The van der Waals surface area contributed by atoms with Crippen LogP contribution in [0.15, 0.2) is 36.7 Å². The smallest absolute Gasteiger partial charge is 0.244 e. The molecule has 1 fully saturated rings.